The van der Waals surface area contributed by atoms with Crippen molar-refractivity contribution in [1.82, 2.24) is 0 Å². The second kappa shape index (κ2) is 8.14. The number of unbranched alkanes of at least 4 members (excludes halogenated alkanes) is 1. The van der Waals surface area contributed by atoms with E-state index in [9.17, 15) is 9.82 Å². The second-order valence-electron chi connectivity index (χ2n) is 2.93. The van der Waals surface area contributed by atoms with Crippen molar-refractivity contribution in [3.63, 3.8) is 0 Å². The maximum atomic E-state index is 10.6. The molecule has 78 valence electrons. The molecule has 0 aliphatic rings. The van der Waals surface area contributed by atoms with Gasteiger partial charge in [0, 0.05) is 12.1 Å². The van der Waals surface area contributed by atoms with Gasteiger partial charge in [-0.25, -0.2) is 0 Å². The number of hydrogen-bond donors (Lipinski definition) is 1. The topological polar surface area (TPSA) is 46.5 Å². The number of carbonyl (C=O) groups is 1. The van der Waals surface area contributed by atoms with Gasteiger partial charge in [-0.05, 0) is 11.8 Å². The Balaban J connectivity index is 0.00000196. The van der Waals surface area contributed by atoms with Gasteiger partial charge in [0.25, 0.3) is 0 Å². The van der Waals surface area contributed by atoms with Crippen LogP contribution in [0.1, 0.15) is 29.4 Å². The molecule has 1 rings (SSSR count). The molecule has 3 nitrogen and oxygen atoms in total. The summed E-state index contributed by atoms with van der Waals surface area (Å²) in [5.41, 5.74) is 0.570. The van der Waals surface area contributed by atoms with Gasteiger partial charge in [-0.15, -0.1) is 11.3 Å². The Kier molecular flexibility index (Phi) is 8.12. The second-order valence-corrected chi connectivity index (χ2v) is 3.88. The van der Waals surface area contributed by atoms with Crippen LogP contribution in [-0.4, -0.2) is 43.9 Å². The monoisotopic (exact) mass is 220 g/mol. The Morgan fingerprint density at radius 1 is 1.67 bits per heavy atom. The molecule has 0 radical (unpaired) electrons. The predicted molar refractivity (Wildman–Crippen MR) is 65.3 cm³/mol. The number of aldehydes is 1. The molecule has 1 N–H and O–H groups in total. The van der Waals surface area contributed by atoms with Crippen molar-refractivity contribution in [2.75, 3.05) is 6.61 Å². The molecule has 1 aromatic heterocycles. The Morgan fingerprint density at radius 2 is 2.40 bits per heavy atom. The zero-order valence-corrected chi connectivity index (χ0v) is 8.92. The molecular formula is C9H14BLiO3S. The van der Waals surface area contributed by atoms with E-state index in [1.807, 2.05) is 0 Å². The van der Waals surface area contributed by atoms with Crippen molar-refractivity contribution in [2.24, 2.45) is 0 Å². The molecule has 1 aromatic rings. The molecule has 0 fully saturated rings. The summed E-state index contributed by atoms with van der Waals surface area (Å²) in [6.45, 7) is 2.57. The zero-order chi connectivity index (χ0) is 10.4. The van der Waals surface area contributed by atoms with Crippen molar-refractivity contribution >= 4 is 49.1 Å². The third-order valence-electron chi connectivity index (χ3n) is 1.87. The summed E-state index contributed by atoms with van der Waals surface area (Å²) < 4.78 is 5.17. The molecule has 0 saturated carbocycles. The third-order valence-corrected chi connectivity index (χ3v) is 2.73. The van der Waals surface area contributed by atoms with Crippen LogP contribution < -0.4 is 5.46 Å². The van der Waals surface area contributed by atoms with Gasteiger partial charge in [-0.3, -0.25) is 4.79 Å². The first-order valence-electron chi connectivity index (χ1n) is 4.61. The van der Waals surface area contributed by atoms with Crippen LogP contribution in [0, 0.1) is 0 Å². The van der Waals surface area contributed by atoms with Crippen LogP contribution in [0.3, 0.4) is 0 Å². The number of carbonyl (C=O) groups excluding carboxylic acids is 1. The van der Waals surface area contributed by atoms with Gasteiger partial charge in [0.05, 0.1) is 4.88 Å². The van der Waals surface area contributed by atoms with Gasteiger partial charge in [0.1, 0.15) is 0 Å². The molecule has 0 aliphatic carbocycles. The van der Waals surface area contributed by atoms with Crippen LogP contribution in [0.5, 0.6) is 0 Å². The minimum absolute atomic E-state index is 0. The summed E-state index contributed by atoms with van der Waals surface area (Å²) in [5.74, 6) is 0. The Labute approximate surface area is 106 Å². The van der Waals surface area contributed by atoms with Gasteiger partial charge in [0.2, 0.25) is 0 Å². The maximum absolute atomic E-state index is 10.6. The summed E-state index contributed by atoms with van der Waals surface area (Å²) in [5, 5.41) is 11.3. The zero-order valence-electron chi connectivity index (χ0n) is 8.10. The van der Waals surface area contributed by atoms with E-state index in [1.165, 1.54) is 11.3 Å². The molecule has 0 aliphatic heterocycles. The van der Waals surface area contributed by atoms with E-state index in [2.05, 4.69) is 6.92 Å². The van der Waals surface area contributed by atoms with E-state index in [-0.39, 0.29) is 18.9 Å². The van der Waals surface area contributed by atoms with Crippen molar-refractivity contribution in [3.05, 3.63) is 16.3 Å². The third kappa shape index (κ3) is 4.54. The van der Waals surface area contributed by atoms with E-state index >= 15 is 0 Å². The van der Waals surface area contributed by atoms with E-state index in [0.717, 1.165) is 19.1 Å². The quantitative estimate of drug-likeness (QED) is 0.429. The number of thiophene rings is 1. The molecule has 0 aromatic carbocycles. The summed E-state index contributed by atoms with van der Waals surface area (Å²) >= 11 is 1.31. The average Bonchev–Trinajstić information content (AvgIpc) is 2.65. The van der Waals surface area contributed by atoms with Crippen LogP contribution in [0.25, 0.3) is 0 Å². The predicted octanol–water partition coefficient (Wildman–Crippen LogP) is 0.416. The van der Waals surface area contributed by atoms with Gasteiger partial charge in [0.15, 0.2) is 6.29 Å². The fourth-order valence-corrected chi connectivity index (χ4v) is 1.78. The standard InChI is InChI=1S/C9H13BO3S.Li.H/c1-2-3-5-13-10(12)8-4-6-14-9(8)7-11;;/h4,6-7,12H,2-3,5H2,1H3;;. The molecule has 0 atom stereocenters. The summed E-state index contributed by atoms with van der Waals surface area (Å²) in [6, 6.07) is 1.71. The first kappa shape index (κ1) is 15.0. The van der Waals surface area contributed by atoms with Crippen LogP contribution in [0.15, 0.2) is 11.4 Å². The Morgan fingerprint density at radius 3 is 3.00 bits per heavy atom. The molecule has 0 spiro atoms. The fraction of sp³-hybridized carbons (Fsp3) is 0.444. The van der Waals surface area contributed by atoms with E-state index in [0.29, 0.717) is 16.9 Å². The van der Waals surface area contributed by atoms with E-state index in [1.54, 1.807) is 11.4 Å². The molecule has 0 saturated heterocycles. The van der Waals surface area contributed by atoms with Crippen molar-refractivity contribution in [3.8, 4) is 0 Å². The summed E-state index contributed by atoms with van der Waals surface area (Å²) in [7, 11) is -0.965. The molecule has 0 amide bonds. The van der Waals surface area contributed by atoms with E-state index in [4.69, 9.17) is 4.65 Å². The van der Waals surface area contributed by atoms with Crippen molar-refractivity contribution < 1.29 is 14.5 Å². The SMILES string of the molecule is CCCCOB(O)c1ccsc1C=O.[LiH]. The average molecular weight is 220 g/mol. The molecule has 1 heterocycles. The van der Waals surface area contributed by atoms with Crippen molar-refractivity contribution in [2.45, 2.75) is 19.8 Å². The normalized spacial score (nSPS) is 9.47. The van der Waals surface area contributed by atoms with Crippen LogP contribution in [-0.2, 0) is 4.65 Å². The summed E-state index contributed by atoms with van der Waals surface area (Å²) in [6.07, 6.45) is 2.68. The molecule has 6 heteroatoms. The van der Waals surface area contributed by atoms with E-state index < -0.39 is 7.12 Å². The van der Waals surface area contributed by atoms with Gasteiger partial charge in [-0.1, -0.05) is 19.4 Å². The number of hydrogen-bond acceptors (Lipinski definition) is 4. The van der Waals surface area contributed by atoms with Crippen LogP contribution >= 0.6 is 11.3 Å². The van der Waals surface area contributed by atoms with Crippen LogP contribution in [0.4, 0.5) is 0 Å². The molecule has 15 heavy (non-hydrogen) atoms. The molecular weight excluding hydrogens is 206 g/mol. The number of rotatable bonds is 6. The Bertz CT molecular complexity index is 293. The first-order valence-corrected chi connectivity index (χ1v) is 5.49. The van der Waals surface area contributed by atoms with Gasteiger partial charge < -0.3 is 9.68 Å². The molecule has 0 unspecified atom stereocenters. The Hall–Kier alpha value is -0.0477. The van der Waals surface area contributed by atoms with Gasteiger partial charge >= 0.3 is 26.0 Å². The van der Waals surface area contributed by atoms with Crippen LogP contribution in [0.2, 0.25) is 0 Å². The fourth-order valence-electron chi connectivity index (χ4n) is 1.06. The minimum atomic E-state index is -0.965. The molecule has 0 bridgehead atoms. The summed E-state index contributed by atoms with van der Waals surface area (Å²) in [4.78, 5) is 11.1. The van der Waals surface area contributed by atoms with Gasteiger partial charge in [-0.2, -0.15) is 0 Å². The van der Waals surface area contributed by atoms with Crippen molar-refractivity contribution in [1.29, 1.82) is 0 Å². The first-order chi connectivity index (χ1) is 6.79.